The standard InChI is InChI=1S/C24H32Cl2S4/c1-15(21-11-17(29)13-23(25)19(21)7-3-5-9-27)16(2)22-12-18(30)14-24(26)20(22)8-4-6-10-28/h11-16,27-30H,3-10H2,1-2H3. The number of rotatable bonds is 11. The third-order valence-corrected chi connectivity index (χ3v) is 7.65. The van der Waals surface area contributed by atoms with Crippen LogP contribution in [0.2, 0.25) is 10.0 Å². The molecule has 0 aliphatic heterocycles. The normalized spacial score (nSPS) is 13.5. The zero-order valence-corrected chi connectivity index (χ0v) is 22.8. The first-order chi connectivity index (χ1) is 14.3. The lowest BCUT2D eigenvalue weighted by molar-refractivity contribution is 0.604. The van der Waals surface area contributed by atoms with Crippen molar-refractivity contribution >= 4 is 73.7 Å². The van der Waals surface area contributed by atoms with Crippen molar-refractivity contribution in [3.63, 3.8) is 0 Å². The topological polar surface area (TPSA) is 0 Å². The number of unbranched alkanes of at least 4 members (excludes halogenated alkanes) is 2. The molecule has 0 nitrogen and oxygen atoms in total. The molecule has 166 valence electrons. The molecule has 6 heteroatoms. The van der Waals surface area contributed by atoms with Crippen LogP contribution in [-0.2, 0) is 12.8 Å². The largest absolute Gasteiger partial charge is 0.179 e. The molecule has 0 amide bonds. The van der Waals surface area contributed by atoms with Gasteiger partial charge in [0.15, 0.2) is 0 Å². The molecule has 0 radical (unpaired) electrons. The SMILES string of the molecule is CC(c1cc(S)cc(Cl)c1CCCCS)C(C)c1cc(S)cc(Cl)c1CCCCS. The molecule has 30 heavy (non-hydrogen) atoms. The number of halogens is 2. The van der Waals surface area contributed by atoms with Gasteiger partial charge in [0.1, 0.15) is 0 Å². The Morgan fingerprint density at radius 2 is 1.03 bits per heavy atom. The zero-order chi connectivity index (χ0) is 22.3. The highest BCUT2D eigenvalue weighted by molar-refractivity contribution is 7.80. The molecular weight excluding hydrogens is 487 g/mol. The van der Waals surface area contributed by atoms with E-state index >= 15 is 0 Å². The summed E-state index contributed by atoms with van der Waals surface area (Å²) in [5, 5.41) is 1.62. The maximum Gasteiger partial charge on any atom is 0.0451 e. The van der Waals surface area contributed by atoms with Gasteiger partial charge in [-0.2, -0.15) is 25.3 Å². The minimum absolute atomic E-state index is 0.274. The molecule has 2 atom stereocenters. The van der Waals surface area contributed by atoms with Crippen LogP contribution in [0.15, 0.2) is 34.1 Å². The van der Waals surface area contributed by atoms with E-state index in [4.69, 9.17) is 23.2 Å². The smallest absolute Gasteiger partial charge is 0.0451 e. The van der Waals surface area contributed by atoms with Crippen molar-refractivity contribution in [2.45, 2.75) is 74.0 Å². The van der Waals surface area contributed by atoms with Gasteiger partial charge < -0.3 is 0 Å². The minimum atomic E-state index is 0.274. The molecule has 0 heterocycles. The van der Waals surface area contributed by atoms with Crippen molar-refractivity contribution in [2.24, 2.45) is 0 Å². The van der Waals surface area contributed by atoms with E-state index in [-0.39, 0.29) is 11.8 Å². The van der Waals surface area contributed by atoms with Gasteiger partial charge in [-0.1, -0.05) is 37.0 Å². The molecule has 0 bridgehead atoms. The Bertz CT molecular complexity index is 769. The quantitative estimate of drug-likeness (QED) is 0.165. The fourth-order valence-electron chi connectivity index (χ4n) is 3.99. The Kier molecular flexibility index (Phi) is 11.7. The van der Waals surface area contributed by atoms with Crippen molar-refractivity contribution < 1.29 is 0 Å². The number of thiol groups is 4. The first-order valence-corrected chi connectivity index (χ1v) is 13.5. The van der Waals surface area contributed by atoms with Gasteiger partial charge in [0, 0.05) is 19.8 Å². The Balaban J connectivity index is 2.43. The lowest BCUT2D eigenvalue weighted by atomic mass is 9.79. The van der Waals surface area contributed by atoms with Crippen molar-refractivity contribution in [3.8, 4) is 0 Å². The highest BCUT2D eigenvalue weighted by Gasteiger charge is 2.24. The van der Waals surface area contributed by atoms with Crippen LogP contribution in [0.5, 0.6) is 0 Å². The Morgan fingerprint density at radius 3 is 1.37 bits per heavy atom. The highest BCUT2D eigenvalue weighted by atomic mass is 35.5. The predicted octanol–water partition coefficient (Wildman–Crippen LogP) is 8.98. The van der Waals surface area contributed by atoms with Crippen molar-refractivity contribution in [1.29, 1.82) is 0 Å². The van der Waals surface area contributed by atoms with Crippen LogP contribution in [0.3, 0.4) is 0 Å². The lowest BCUT2D eigenvalue weighted by Crippen LogP contribution is -2.11. The third-order valence-electron chi connectivity index (χ3n) is 5.83. The molecule has 2 unspecified atom stereocenters. The fourth-order valence-corrected chi connectivity index (χ4v) is 5.77. The fraction of sp³-hybridized carbons (Fsp3) is 0.500. The van der Waals surface area contributed by atoms with Gasteiger partial charge in [-0.25, -0.2) is 0 Å². The number of hydrogen-bond acceptors (Lipinski definition) is 4. The molecule has 0 aliphatic carbocycles. The molecule has 0 saturated heterocycles. The molecule has 0 N–H and O–H groups in total. The first kappa shape index (κ1) is 26.7. The monoisotopic (exact) mass is 518 g/mol. The van der Waals surface area contributed by atoms with E-state index in [1.54, 1.807) is 0 Å². The van der Waals surface area contributed by atoms with Crippen LogP contribution in [-0.4, -0.2) is 11.5 Å². The van der Waals surface area contributed by atoms with Gasteiger partial charge in [0.05, 0.1) is 0 Å². The first-order valence-electron chi connectivity index (χ1n) is 10.5. The van der Waals surface area contributed by atoms with E-state index in [0.29, 0.717) is 0 Å². The number of hydrogen-bond donors (Lipinski definition) is 4. The Hall–Kier alpha value is 0.420. The maximum atomic E-state index is 6.67. The Labute approximate surface area is 214 Å². The molecule has 0 aliphatic rings. The van der Waals surface area contributed by atoms with Gasteiger partial charge >= 0.3 is 0 Å². The summed E-state index contributed by atoms with van der Waals surface area (Å²) < 4.78 is 0. The average Bonchev–Trinajstić information content (AvgIpc) is 2.69. The van der Waals surface area contributed by atoms with E-state index in [9.17, 15) is 0 Å². The summed E-state index contributed by atoms with van der Waals surface area (Å²) in [5.41, 5.74) is 5.03. The lowest BCUT2D eigenvalue weighted by Gasteiger charge is -2.27. The zero-order valence-electron chi connectivity index (χ0n) is 17.7. The summed E-state index contributed by atoms with van der Waals surface area (Å²) >= 11 is 31.2. The minimum Gasteiger partial charge on any atom is -0.179 e. The molecule has 0 saturated carbocycles. The molecular formula is C24H32Cl2S4. The van der Waals surface area contributed by atoms with Crippen LogP contribution in [0.4, 0.5) is 0 Å². The van der Waals surface area contributed by atoms with Gasteiger partial charge in [-0.05, 0) is 108 Å². The summed E-state index contributed by atoms with van der Waals surface area (Å²) in [6.45, 7) is 4.56. The second-order valence-electron chi connectivity index (χ2n) is 7.93. The van der Waals surface area contributed by atoms with E-state index in [1.165, 1.54) is 22.3 Å². The van der Waals surface area contributed by atoms with E-state index in [0.717, 1.165) is 69.9 Å². The molecule has 0 fully saturated rings. The van der Waals surface area contributed by atoms with E-state index < -0.39 is 0 Å². The van der Waals surface area contributed by atoms with E-state index in [2.05, 4.69) is 76.5 Å². The molecule has 2 aromatic rings. The summed E-state index contributed by atoms with van der Waals surface area (Å²) in [7, 11) is 0. The van der Waals surface area contributed by atoms with Gasteiger partial charge in [0.2, 0.25) is 0 Å². The Morgan fingerprint density at radius 1 is 0.667 bits per heavy atom. The molecule has 2 rings (SSSR count). The van der Waals surface area contributed by atoms with Crippen LogP contribution in [0.1, 0.15) is 73.6 Å². The molecule has 0 spiro atoms. The highest BCUT2D eigenvalue weighted by Crippen LogP contribution is 2.41. The molecule has 2 aromatic carbocycles. The van der Waals surface area contributed by atoms with Crippen molar-refractivity contribution in [1.82, 2.24) is 0 Å². The predicted molar refractivity (Wildman–Crippen MR) is 148 cm³/mol. The van der Waals surface area contributed by atoms with Gasteiger partial charge in [-0.3, -0.25) is 0 Å². The summed E-state index contributed by atoms with van der Waals surface area (Å²) in [4.78, 5) is 1.81. The van der Waals surface area contributed by atoms with Crippen LogP contribution >= 0.6 is 73.7 Å². The summed E-state index contributed by atoms with van der Waals surface area (Å²) in [6.07, 6.45) is 6.24. The average molecular weight is 520 g/mol. The third kappa shape index (κ3) is 7.22. The van der Waals surface area contributed by atoms with Crippen LogP contribution in [0.25, 0.3) is 0 Å². The van der Waals surface area contributed by atoms with Crippen LogP contribution < -0.4 is 0 Å². The second kappa shape index (κ2) is 13.2. The van der Waals surface area contributed by atoms with Gasteiger partial charge in [0.25, 0.3) is 0 Å². The second-order valence-corrected chi connectivity index (χ2v) is 10.7. The maximum absolute atomic E-state index is 6.67. The summed E-state index contributed by atoms with van der Waals surface area (Å²) in [5.74, 6) is 2.34. The van der Waals surface area contributed by atoms with Gasteiger partial charge in [-0.15, -0.1) is 25.3 Å². The molecule has 0 aromatic heterocycles. The summed E-state index contributed by atoms with van der Waals surface area (Å²) in [6, 6.07) is 8.27. The van der Waals surface area contributed by atoms with Crippen molar-refractivity contribution in [3.05, 3.63) is 56.6 Å². The van der Waals surface area contributed by atoms with Crippen molar-refractivity contribution in [2.75, 3.05) is 11.5 Å². The number of benzene rings is 2. The van der Waals surface area contributed by atoms with E-state index in [1.807, 2.05) is 12.1 Å². The van der Waals surface area contributed by atoms with Crippen LogP contribution in [0, 0.1) is 0 Å².